The van der Waals surface area contributed by atoms with Crippen molar-refractivity contribution in [2.45, 2.75) is 6.92 Å². The zero-order valence-corrected chi connectivity index (χ0v) is 8.35. The average molecular weight is 220 g/mol. The quantitative estimate of drug-likeness (QED) is 0.711. The van der Waals surface area contributed by atoms with Crippen LogP contribution in [0.2, 0.25) is 0 Å². The van der Waals surface area contributed by atoms with Crippen LogP contribution in [0.4, 0.5) is 0 Å². The van der Waals surface area contributed by atoms with E-state index in [-0.39, 0.29) is 11.1 Å². The van der Waals surface area contributed by atoms with Gasteiger partial charge in [0, 0.05) is 17.5 Å². The molecule has 2 aromatic rings. The number of benzene rings is 1. The average Bonchev–Trinajstić information content (AvgIpc) is 2.15. The summed E-state index contributed by atoms with van der Waals surface area (Å²) in [7, 11) is 0. The molecule has 1 aromatic carbocycles. The minimum Gasteiger partial charge on any atom is -0.507 e. The highest BCUT2D eigenvalue weighted by Crippen LogP contribution is 2.25. The predicted octanol–water partition coefficient (Wildman–Crippen LogP) is 1.51. The molecule has 0 spiro atoms. The lowest BCUT2D eigenvalue weighted by Crippen LogP contribution is -2.01. The first-order chi connectivity index (χ1) is 7.49. The number of carboxylic acids is 1. The highest BCUT2D eigenvalue weighted by molar-refractivity contribution is 5.96. The van der Waals surface area contributed by atoms with Crippen molar-refractivity contribution in [3.8, 4) is 5.75 Å². The highest BCUT2D eigenvalue weighted by atomic mass is 16.4. The van der Waals surface area contributed by atoms with Crippen LogP contribution >= 0.6 is 0 Å². The number of hydrogen-bond donors (Lipinski definition) is 2. The van der Waals surface area contributed by atoms with Gasteiger partial charge in [-0.1, -0.05) is 0 Å². The standard InChI is InChI=1S/C11H8O5/c1-5-2-10(13)16-9-4-8(12)7(11(14)15)3-6(5)9/h2-4,12H,1H3,(H,14,15). The van der Waals surface area contributed by atoms with Crippen LogP contribution in [-0.2, 0) is 0 Å². The van der Waals surface area contributed by atoms with E-state index < -0.39 is 17.3 Å². The smallest absolute Gasteiger partial charge is 0.339 e. The Bertz CT molecular complexity index is 639. The number of rotatable bonds is 1. The molecule has 0 aliphatic heterocycles. The Labute approximate surface area is 89.6 Å². The normalized spacial score (nSPS) is 10.6. The summed E-state index contributed by atoms with van der Waals surface area (Å²) in [5.74, 6) is -1.65. The van der Waals surface area contributed by atoms with Gasteiger partial charge in [-0.3, -0.25) is 0 Å². The fraction of sp³-hybridized carbons (Fsp3) is 0.0909. The van der Waals surface area contributed by atoms with E-state index in [9.17, 15) is 14.7 Å². The summed E-state index contributed by atoms with van der Waals surface area (Å²) in [6, 6.07) is 3.68. The molecule has 0 amide bonds. The number of hydrogen-bond acceptors (Lipinski definition) is 4. The van der Waals surface area contributed by atoms with E-state index in [0.29, 0.717) is 10.9 Å². The Balaban J connectivity index is 2.90. The number of aryl methyl sites for hydroxylation is 1. The third-order valence-corrected chi connectivity index (χ3v) is 2.30. The van der Waals surface area contributed by atoms with Crippen molar-refractivity contribution in [1.29, 1.82) is 0 Å². The van der Waals surface area contributed by atoms with Crippen LogP contribution in [0.3, 0.4) is 0 Å². The van der Waals surface area contributed by atoms with E-state index in [1.54, 1.807) is 6.92 Å². The molecular formula is C11H8O5. The zero-order chi connectivity index (χ0) is 11.9. The molecule has 0 atom stereocenters. The van der Waals surface area contributed by atoms with Gasteiger partial charge in [-0.15, -0.1) is 0 Å². The molecule has 0 aliphatic rings. The van der Waals surface area contributed by atoms with E-state index in [1.807, 2.05) is 0 Å². The number of fused-ring (bicyclic) bond motifs is 1. The van der Waals surface area contributed by atoms with Crippen molar-refractivity contribution in [3.63, 3.8) is 0 Å². The van der Waals surface area contributed by atoms with Gasteiger partial charge < -0.3 is 14.6 Å². The first-order valence-corrected chi connectivity index (χ1v) is 4.50. The maximum Gasteiger partial charge on any atom is 0.339 e. The molecule has 0 aliphatic carbocycles. The van der Waals surface area contributed by atoms with Gasteiger partial charge in [0.05, 0.1) is 0 Å². The van der Waals surface area contributed by atoms with Gasteiger partial charge in [0.15, 0.2) is 0 Å². The second kappa shape index (κ2) is 3.37. The van der Waals surface area contributed by atoms with Crippen molar-refractivity contribution in [1.82, 2.24) is 0 Å². The van der Waals surface area contributed by atoms with Crippen LogP contribution in [-0.4, -0.2) is 16.2 Å². The second-order valence-corrected chi connectivity index (χ2v) is 3.42. The molecule has 0 saturated heterocycles. The van der Waals surface area contributed by atoms with Crippen LogP contribution < -0.4 is 5.63 Å². The molecule has 0 fully saturated rings. The van der Waals surface area contributed by atoms with Crippen LogP contribution in [0.1, 0.15) is 15.9 Å². The summed E-state index contributed by atoms with van der Waals surface area (Å²) in [5.41, 5.74) is 0.0261. The second-order valence-electron chi connectivity index (χ2n) is 3.42. The molecule has 16 heavy (non-hydrogen) atoms. The fourth-order valence-electron chi connectivity index (χ4n) is 1.53. The highest BCUT2D eigenvalue weighted by Gasteiger charge is 2.13. The lowest BCUT2D eigenvalue weighted by Gasteiger charge is -2.03. The number of aromatic carboxylic acids is 1. The lowest BCUT2D eigenvalue weighted by atomic mass is 10.1. The molecule has 0 bridgehead atoms. The Kier molecular flexibility index (Phi) is 2.16. The minimum absolute atomic E-state index is 0.174. The van der Waals surface area contributed by atoms with Gasteiger partial charge in [0.25, 0.3) is 0 Å². The SMILES string of the molecule is Cc1cc(=O)oc2cc(O)c(C(=O)O)cc12. The van der Waals surface area contributed by atoms with E-state index in [0.717, 1.165) is 6.07 Å². The summed E-state index contributed by atoms with van der Waals surface area (Å²) in [5, 5.41) is 18.7. The van der Waals surface area contributed by atoms with Crippen LogP contribution in [0, 0.1) is 6.92 Å². The van der Waals surface area contributed by atoms with E-state index in [1.165, 1.54) is 12.1 Å². The number of carbonyl (C=O) groups is 1. The van der Waals surface area contributed by atoms with Crippen molar-refractivity contribution in [2.24, 2.45) is 0 Å². The molecule has 0 saturated carbocycles. The summed E-state index contributed by atoms with van der Waals surface area (Å²) in [6.45, 7) is 1.67. The maximum absolute atomic E-state index is 11.1. The lowest BCUT2D eigenvalue weighted by molar-refractivity contribution is 0.0694. The van der Waals surface area contributed by atoms with Gasteiger partial charge in [0.2, 0.25) is 0 Å². The van der Waals surface area contributed by atoms with Gasteiger partial charge in [-0.05, 0) is 18.6 Å². The predicted molar refractivity (Wildman–Crippen MR) is 55.8 cm³/mol. The Hall–Kier alpha value is -2.30. The van der Waals surface area contributed by atoms with E-state index in [4.69, 9.17) is 9.52 Å². The minimum atomic E-state index is -1.23. The zero-order valence-electron chi connectivity index (χ0n) is 8.35. The monoisotopic (exact) mass is 220 g/mol. The number of carboxylic acid groups (broad SMARTS) is 1. The fourth-order valence-corrected chi connectivity index (χ4v) is 1.53. The summed E-state index contributed by atoms with van der Waals surface area (Å²) >= 11 is 0. The first kappa shape index (κ1) is 10.2. The Morgan fingerprint density at radius 3 is 2.62 bits per heavy atom. The summed E-state index contributed by atoms with van der Waals surface area (Å²) < 4.78 is 4.85. The van der Waals surface area contributed by atoms with Gasteiger partial charge >= 0.3 is 11.6 Å². The van der Waals surface area contributed by atoms with E-state index in [2.05, 4.69) is 0 Å². The number of phenols is 1. The molecule has 0 radical (unpaired) electrons. The summed E-state index contributed by atoms with van der Waals surface area (Å²) in [6.07, 6.45) is 0. The van der Waals surface area contributed by atoms with E-state index >= 15 is 0 Å². The topological polar surface area (TPSA) is 87.7 Å². The van der Waals surface area contributed by atoms with Crippen LogP contribution in [0.5, 0.6) is 5.75 Å². The molecule has 82 valence electrons. The number of aromatic hydroxyl groups is 1. The third kappa shape index (κ3) is 1.52. The van der Waals surface area contributed by atoms with Crippen LogP contribution in [0.15, 0.2) is 27.4 Å². The molecular weight excluding hydrogens is 212 g/mol. The molecule has 1 heterocycles. The third-order valence-electron chi connectivity index (χ3n) is 2.30. The van der Waals surface area contributed by atoms with Crippen LogP contribution in [0.25, 0.3) is 11.0 Å². The first-order valence-electron chi connectivity index (χ1n) is 4.50. The molecule has 1 aromatic heterocycles. The molecule has 5 nitrogen and oxygen atoms in total. The molecule has 2 rings (SSSR count). The van der Waals surface area contributed by atoms with Crippen molar-refractivity contribution < 1.29 is 19.4 Å². The molecule has 2 N–H and O–H groups in total. The van der Waals surface area contributed by atoms with Gasteiger partial charge in [-0.25, -0.2) is 9.59 Å². The Morgan fingerprint density at radius 1 is 1.31 bits per heavy atom. The maximum atomic E-state index is 11.1. The molecule has 5 heteroatoms. The van der Waals surface area contributed by atoms with Crippen molar-refractivity contribution in [2.75, 3.05) is 0 Å². The van der Waals surface area contributed by atoms with Crippen molar-refractivity contribution in [3.05, 3.63) is 39.7 Å². The summed E-state index contributed by atoms with van der Waals surface area (Å²) in [4.78, 5) is 21.9. The Morgan fingerprint density at radius 2 is 2.00 bits per heavy atom. The molecule has 0 unspecified atom stereocenters. The van der Waals surface area contributed by atoms with Crippen molar-refractivity contribution >= 4 is 16.9 Å². The largest absolute Gasteiger partial charge is 0.507 e. The van der Waals surface area contributed by atoms with Gasteiger partial charge in [0.1, 0.15) is 16.9 Å². The van der Waals surface area contributed by atoms with Gasteiger partial charge in [-0.2, -0.15) is 0 Å².